The summed E-state index contributed by atoms with van der Waals surface area (Å²) in [5.74, 6) is 0. The van der Waals surface area contributed by atoms with Gasteiger partial charge in [0, 0.05) is 7.11 Å². The molecule has 0 radical (unpaired) electrons. The average Bonchev–Trinajstić information content (AvgIpc) is 1.93. The SMILES string of the molecule is COC(C)C.F[B-](F)(F)F.F[B-](F)(F)F.F[B-](F)(F)F.[NaH]. The van der Waals surface area contributed by atoms with Crippen molar-refractivity contribution in [2.24, 2.45) is 0 Å². The molecule has 130 valence electrons. The summed E-state index contributed by atoms with van der Waals surface area (Å²) in [5.41, 5.74) is 0. The summed E-state index contributed by atoms with van der Waals surface area (Å²) in [7, 11) is -16.3. The molecule has 0 spiro atoms. The van der Waals surface area contributed by atoms with Gasteiger partial charge in [0.25, 0.3) is 0 Å². The third kappa shape index (κ3) is 1270. The van der Waals surface area contributed by atoms with Gasteiger partial charge < -0.3 is 56.5 Å². The van der Waals surface area contributed by atoms with Crippen LogP contribution in [0, 0.1) is 0 Å². The van der Waals surface area contributed by atoms with Gasteiger partial charge in [-0.05, 0) is 13.8 Å². The predicted octanol–water partition coefficient (Wildman–Crippen LogP) is 4.29. The van der Waals surface area contributed by atoms with Gasteiger partial charge in [0.2, 0.25) is 0 Å². The Balaban J connectivity index is -0.0000000533. The van der Waals surface area contributed by atoms with E-state index in [9.17, 15) is 51.8 Å². The Morgan fingerprint density at radius 2 is 0.619 bits per heavy atom. The van der Waals surface area contributed by atoms with Crippen molar-refractivity contribution >= 4 is 51.3 Å². The zero-order valence-corrected chi connectivity index (χ0v) is 10.3. The quantitative estimate of drug-likeness (QED) is 0.502. The number of hydrogen-bond acceptors (Lipinski definition) is 1. The van der Waals surface area contributed by atoms with Gasteiger partial charge in [-0.3, -0.25) is 0 Å². The number of ether oxygens (including phenoxy) is 1. The summed E-state index contributed by atoms with van der Waals surface area (Å²) in [6, 6.07) is 0. The maximum absolute atomic E-state index is 9.75. The van der Waals surface area contributed by atoms with Crippen LogP contribution in [0.25, 0.3) is 0 Å². The van der Waals surface area contributed by atoms with Gasteiger partial charge in [0.15, 0.2) is 0 Å². The van der Waals surface area contributed by atoms with Crippen LogP contribution in [0.15, 0.2) is 0 Å². The summed E-state index contributed by atoms with van der Waals surface area (Å²) < 4.78 is 122. The van der Waals surface area contributed by atoms with Crippen LogP contribution in [0.3, 0.4) is 0 Å². The van der Waals surface area contributed by atoms with Crippen LogP contribution in [0.5, 0.6) is 0 Å². The van der Waals surface area contributed by atoms with Crippen LogP contribution in [0.2, 0.25) is 0 Å². The molecule has 0 aliphatic heterocycles. The topological polar surface area (TPSA) is 9.23 Å². The van der Waals surface area contributed by atoms with Crippen molar-refractivity contribution in [3.05, 3.63) is 0 Å². The third-order valence-electron chi connectivity index (χ3n) is 0.471. The number of hydrogen-bond donors (Lipinski definition) is 0. The zero-order chi connectivity index (χ0) is 17.8. The van der Waals surface area contributed by atoms with E-state index < -0.39 is 21.8 Å². The van der Waals surface area contributed by atoms with Crippen LogP contribution in [0.4, 0.5) is 51.8 Å². The summed E-state index contributed by atoms with van der Waals surface area (Å²) >= 11 is 0. The fourth-order valence-corrected chi connectivity index (χ4v) is 0. The molecule has 0 aliphatic rings. The summed E-state index contributed by atoms with van der Waals surface area (Å²) in [4.78, 5) is 0. The maximum atomic E-state index is 9.75. The monoisotopic (exact) mass is 359 g/mol. The molecule has 0 rings (SSSR count). The van der Waals surface area contributed by atoms with E-state index in [1.54, 1.807) is 7.11 Å². The Bertz CT molecular complexity index is 156. The number of halogens is 12. The Morgan fingerprint density at radius 1 is 0.571 bits per heavy atom. The molecule has 0 N–H and O–H groups in total. The normalized spacial score (nSPS) is 10.9. The first kappa shape index (κ1) is 33.0. The van der Waals surface area contributed by atoms with Crippen molar-refractivity contribution in [3.8, 4) is 0 Å². The van der Waals surface area contributed by atoms with Crippen molar-refractivity contribution in [3.63, 3.8) is 0 Å². The van der Waals surface area contributed by atoms with Crippen LogP contribution in [-0.4, -0.2) is 64.5 Å². The molecule has 0 fully saturated rings. The van der Waals surface area contributed by atoms with Gasteiger partial charge in [0.05, 0.1) is 6.10 Å². The fourth-order valence-electron chi connectivity index (χ4n) is 0. The molecule has 0 amide bonds. The second-order valence-corrected chi connectivity index (χ2v) is 2.77. The van der Waals surface area contributed by atoms with Crippen molar-refractivity contribution in [1.29, 1.82) is 0 Å². The molecule has 0 atom stereocenters. The van der Waals surface area contributed by atoms with E-state index >= 15 is 0 Å². The van der Waals surface area contributed by atoms with Gasteiger partial charge in [-0.25, -0.2) is 0 Å². The summed E-state index contributed by atoms with van der Waals surface area (Å²) in [5, 5.41) is 0. The van der Waals surface area contributed by atoms with Crippen molar-refractivity contribution in [2.75, 3.05) is 7.11 Å². The minimum atomic E-state index is -6.00. The van der Waals surface area contributed by atoms with Gasteiger partial charge >= 0.3 is 51.3 Å². The number of rotatable bonds is 1. The molecule has 21 heavy (non-hydrogen) atoms. The summed E-state index contributed by atoms with van der Waals surface area (Å²) in [6.07, 6.45) is 0.384. The minimum absolute atomic E-state index is 0. The molecule has 0 aliphatic carbocycles. The zero-order valence-electron chi connectivity index (χ0n) is 10.3. The summed E-state index contributed by atoms with van der Waals surface area (Å²) in [6.45, 7) is 4.00. The van der Waals surface area contributed by atoms with Gasteiger partial charge in [0.1, 0.15) is 0 Å². The molecule has 0 bridgehead atoms. The Morgan fingerprint density at radius 3 is 0.619 bits per heavy atom. The molecular formula is C4H11B3F12NaO-3. The number of methoxy groups -OCH3 is 1. The molecular weight excluding hydrogens is 347 g/mol. The van der Waals surface area contributed by atoms with Crippen LogP contribution in [-0.2, 0) is 4.74 Å². The van der Waals surface area contributed by atoms with Crippen LogP contribution < -0.4 is 0 Å². The van der Waals surface area contributed by atoms with Crippen LogP contribution >= 0.6 is 0 Å². The average molecular weight is 359 g/mol. The van der Waals surface area contributed by atoms with E-state index in [-0.39, 0.29) is 29.6 Å². The molecule has 0 aromatic carbocycles. The Hall–Kier alpha value is 0.315. The molecule has 0 saturated carbocycles. The predicted molar refractivity (Wildman–Crippen MR) is 59.9 cm³/mol. The van der Waals surface area contributed by atoms with Crippen molar-refractivity contribution in [2.45, 2.75) is 20.0 Å². The first-order chi connectivity index (χ1) is 8.27. The van der Waals surface area contributed by atoms with E-state index in [4.69, 9.17) is 4.74 Å². The molecule has 0 heterocycles. The first-order valence-corrected chi connectivity index (χ1v) is 4.42. The van der Waals surface area contributed by atoms with Crippen molar-refractivity contribution in [1.82, 2.24) is 0 Å². The van der Waals surface area contributed by atoms with Gasteiger partial charge in [-0.15, -0.1) is 0 Å². The molecule has 0 aromatic heterocycles. The first-order valence-electron chi connectivity index (χ1n) is 4.42. The van der Waals surface area contributed by atoms with E-state index in [2.05, 4.69) is 0 Å². The van der Waals surface area contributed by atoms with Gasteiger partial charge in [-0.2, -0.15) is 0 Å². The molecule has 0 saturated heterocycles. The molecule has 0 aromatic rings. The Labute approximate surface area is 135 Å². The molecule has 0 unspecified atom stereocenters. The molecule has 17 heteroatoms. The van der Waals surface area contributed by atoms with Gasteiger partial charge in [-0.1, -0.05) is 0 Å². The van der Waals surface area contributed by atoms with Crippen molar-refractivity contribution < 1.29 is 56.5 Å². The second kappa shape index (κ2) is 15.2. The van der Waals surface area contributed by atoms with E-state index in [1.807, 2.05) is 13.8 Å². The van der Waals surface area contributed by atoms with Crippen LogP contribution in [0.1, 0.15) is 13.8 Å². The second-order valence-electron chi connectivity index (χ2n) is 2.77. The van der Waals surface area contributed by atoms with E-state index in [0.29, 0.717) is 6.10 Å². The fraction of sp³-hybridized carbons (Fsp3) is 1.00. The van der Waals surface area contributed by atoms with E-state index in [1.165, 1.54) is 0 Å². The Kier molecular flexibility index (Phi) is 24.0. The van der Waals surface area contributed by atoms with E-state index in [0.717, 1.165) is 0 Å². The standard InChI is InChI=1S/C4H10O.3BF4.Na.H/c1-4(2)5-3;3*2-1(3,4)5;;/h4H,1-3H3;;;;;/q;3*-1;;. The third-order valence-corrected chi connectivity index (χ3v) is 0.471. The molecule has 1 nitrogen and oxygen atoms in total.